The number of rotatable bonds is 4. The van der Waals surface area contributed by atoms with Gasteiger partial charge in [-0.05, 0) is 92.9 Å². The van der Waals surface area contributed by atoms with E-state index in [9.17, 15) is 0 Å². The predicted molar refractivity (Wildman–Crippen MR) is 216 cm³/mol. The summed E-state index contributed by atoms with van der Waals surface area (Å²) in [6.07, 6.45) is 1.93. The van der Waals surface area contributed by atoms with Gasteiger partial charge in [0.2, 0.25) is 0 Å². The molecule has 3 heterocycles. The van der Waals surface area contributed by atoms with Crippen LogP contribution in [0.1, 0.15) is 52.7 Å². The van der Waals surface area contributed by atoms with Crippen molar-refractivity contribution in [3.05, 3.63) is 186 Å². The molecule has 4 nitrogen and oxygen atoms in total. The molecule has 0 N–H and O–H groups in total. The molecule has 1 aliphatic heterocycles. The van der Waals surface area contributed by atoms with Gasteiger partial charge in [-0.3, -0.25) is 4.57 Å². The molecule has 4 heteroatoms. The molecule has 2 aromatic heterocycles. The number of hydrogen-bond donors (Lipinski definition) is 0. The average Bonchev–Trinajstić information content (AvgIpc) is 3.85. The van der Waals surface area contributed by atoms with Crippen LogP contribution in [0.4, 0.5) is 17.1 Å². The van der Waals surface area contributed by atoms with Crippen molar-refractivity contribution >= 4 is 38.9 Å². The Kier molecular flexibility index (Phi) is 5.93. The molecule has 2 aliphatic rings. The molecule has 0 atom stereocenters. The predicted octanol–water partition coefficient (Wildman–Crippen LogP) is 11.4. The molecular formula is C48H40N4. The molecule has 0 saturated heterocycles. The van der Waals surface area contributed by atoms with Gasteiger partial charge in [0, 0.05) is 33.7 Å². The van der Waals surface area contributed by atoms with Crippen molar-refractivity contribution in [3.63, 3.8) is 0 Å². The van der Waals surface area contributed by atoms with E-state index in [-0.39, 0.29) is 12.1 Å². The maximum Gasteiger partial charge on any atom is 0.137 e. The van der Waals surface area contributed by atoms with Gasteiger partial charge < -0.3 is 9.80 Å². The first-order valence-corrected chi connectivity index (χ1v) is 18.0. The average molecular weight is 676 g/mol. The topological polar surface area (TPSA) is 24.3 Å². The Morgan fingerprint density at radius 3 is 2.06 bits per heavy atom. The normalized spacial score (nSPS) is 15.6. The van der Waals surface area contributed by atoms with Gasteiger partial charge in [0.15, 0.2) is 0 Å². The second kappa shape index (κ2) is 11.2. The van der Waals surface area contributed by atoms with E-state index in [0.29, 0.717) is 5.69 Å². The van der Waals surface area contributed by atoms with Gasteiger partial charge >= 0.3 is 0 Å². The van der Waals surface area contributed by atoms with E-state index >= 15 is 0 Å². The number of fused-ring (bicyclic) bond motifs is 7. The number of anilines is 3. The minimum atomic E-state index is -2.28. The van der Waals surface area contributed by atoms with Gasteiger partial charge in [-0.1, -0.05) is 124 Å². The van der Waals surface area contributed by atoms with Crippen LogP contribution in [0.5, 0.6) is 0 Å². The Balaban J connectivity index is 1.25. The van der Waals surface area contributed by atoms with Crippen LogP contribution >= 0.6 is 0 Å². The number of para-hydroxylation sites is 3. The molecule has 8 aromatic rings. The molecule has 0 fully saturated rings. The second-order valence-electron chi connectivity index (χ2n) is 15.1. The molecule has 252 valence electrons. The monoisotopic (exact) mass is 675 g/mol. The minimum absolute atomic E-state index is 0.0374. The summed E-state index contributed by atoms with van der Waals surface area (Å²) in [7, 11) is 0. The summed E-state index contributed by atoms with van der Waals surface area (Å²) >= 11 is 0. The molecule has 0 amide bonds. The van der Waals surface area contributed by atoms with Gasteiger partial charge in [0.05, 0.1) is 34.5 Å². The van der Waals surface area contributed by atoms with Crippen molar-refractivity contribution in [1.29, 1.82) is 0 Å². The summed E-state index contributed by atoms with van der Waals surface area (Å²) in [6, 6.07) is 54.0. The lowest BCUT2D eigenvalue weighted by molar-refractivity contribution is 0.588. The van der Waals surface area contributed by atoms with Crippen LogP contribution in [0.25, 0.3) is 38.8 Å². The van der Waals surface area contributed by atoms with Crippen molar-refractivity contribution in [2.45, 2.75) is 31.6 Å². The van der Waals surface area contributed by atoms with Crippen molar-refractivity contribution in [1.82, 2.24) is 9.55 Å². The van der Waals surface area contributed by atoms with Crippen molar-refractivity contribution in [3.8, 4) is 16.9 Å². The van der Waals surface area contributed by atoms with Gasteiger partial charge in [-0.15, -0.1) is 0 Å². The summed E-state index contributed by atoms with van der Waals surface area (Å²) in [5.74, 6) is 0.894. The molecule has 1 aliphatic carbocycles. The Morgan fingerprint density at radius 2 is 1.29 bits per heavy atom. The lowest BCUT2D eigenvalue weighted by atomic mass is 9.67. The first kappa shape index (κ1) is 27.6. The number of aromatic nitrogens is 2. The van der Waals surface area contributed by atoms with Gasteiger partial charge in [0.1, 0.15) is 5.82 Å². The van der Waals surface area contributed by atoms with Crippen LogP contribution in [0.3, 0.4) is 0 Å². The van der Waals surface area contributed by atoms with E-state index in [2.05, 4.69) is 158 Å². The van der Waals surface area contributed by atoms with E-state index in [1.807, 2.05) is 30.5 Å². The fourth-order valence-corrected chi connectivity index (χ4v) is 8.82. The quantitative estimate of drug-likeness (QED) is 0.186. The smallest absolute Gasteiger partial charge is 0.137 e. The fraction of sp³-hybridized carbons (Fsp3) is 0.146. The van der Waals surface area contributed by atoms with Gasteiger partial charge in [-0.2, -0.15) is 0 Å². The van der Waals surface area contributed by atoms with Crippen LogP contribution in [-0.4, -0.2) is 23.2 Å². The highest BCUT2D eigenvalue weighted by atomic mass is 15.4. The summed E-state index contributed by atoms with van der Waals surface area (Å²) in [6.45, 7) is 4.67. The third-order valence-corrected chi connectivity index (χ3v) is 11.2. The van der Waals surface area contributed by atoms with Crippen LogP contribution in [0.2, 0.25) is 0 Å². The maximum absolute atomic E-state index is 8.35. The third kappa shape index (κ3) is 4.30. The number of benzene rings is 6. The van der Waals surface area contributed by atoms with Crippen molar-refractivity contribution in [2.75, 3.05) is 23.4 Å². The Labute approximate surface area is 309 Å². The van der Waals surface area contributed by atoms with E-state index in [0.717, 1.165) is 39.4 Å². The second-order valence-corrected chi connectivity index (χ2v) is 15.1. The molecule has 52 heavy (non-hydrogen) atoms. The SMILES string of the molecule is [2H]C([2H])([2H])N1CN(c2cccc(C3(c4ccc5c6ccccc6n(-c6cc(C(C)(C)C)ccn6)c5c4)c4ccccc4-c4ccccc43)c2)c2ccccc21. The zero-order valence-corrected chi connectivity index (χ0v) is 29.5. The zero-order valence-electron chi connectivity index (χ0n) is 32.5. The van der Waals surface area contributed by atoms with Crippen LogP contribution in [0, 0.1) is 0 Å². The molecule has 0 radical (unpaired) electrons. The lowest BCUT2D eigenvalue weighted by Gasteiger charge is -2.35. The largest absolute Gasteiger partial charge is 0.355 e. The van der Waals surface area contributed by atoms with Crippen LogP contribution < -0.4 is 9.80 Å². The number of hydrogen-bond acceptors (Lipinski definition) is 3. The Morgan fingerprint density at radius 1 is 0.615 bits per heavy atom. The van der Waals surface area contributed by atoms with E-state index in [4.69, 9.17) is 9.10 Å². The lowest BCUT2D eigenvalue weighted by Crippen LogP contribution is -2.29. The highest BCUT2D eigenvalue weighted by molar-refractivity contribution is 6.09. The Bertz CT molecular complexity index is 2760. The Hall–Kier alpha value is -6.13. The van der Waals surface area contributed by atoms with Gasteiger partial charge in [0.25, 0.3) is 0 Å². The van der Waals surface area contributed by atoms with E-state index in [1.54, 1.807) is 0 Å². The summed E-state index contributed by atoms with van der Waals surface area (Å²) in [5.41, 5.74) is 12.4. The maximum atomic E-state index is 8.35. The first-order valence-electron chi connectivity index (χ1n) is 19.5. The number of nitrogens with zero attached hydrogens (tertiary/aromatic N) is 4. The molecule has 10 rings (SSSR count). The highest BCUT2D eigenvalue weighted by Crippen LogP contribution is 2.57. The van der Waals surface area contributed by atoms with Crippen molar-refractivity contribution in [2.24, 2.45) is 0 Å². The third-order valence-electron chi connectivity index (χ3n) is 11.2. The fourth-order valence-electron chi connectivity index (χ4n) is 8.82. The van der Waals surface area contributed by atoms with E-state index < -0.39 is 12.4 Å². The number of pyridine rings is 1. The van der Waals surface area contributed by atoms with Crippen molar-refractivity contribution < 1.29 is 4.11 Å². The standard InChI is InChI=1S/C48H40N4/c1-47(2,3)32-26-27-49-46(30-32)52-42-21-10-7-18-38(42)39-25-24-34(29-45(39)52)48(40-19-8-5-16-36(40)37-17-6-9-20-41(37)48)33-14-13-15-35(28-33)51-31-50(4)43-22-11-12-23-44(43)51/h5-30H,31H2,1-4H3/i4D3. The summed E-state index contributed by atoms with van der Waals surface area (Å²) < 4.78 is 27.4. The molecule has 0 saturated carbocycles. The van der Waals surface area contributed by atoms with Gasteiger partial charge in [-0.25, -0.2) is 4.98 Å². The summed E-state index contributed by atoms with van der Waals surface area (Å²) in [5, 5.41) is 2.35. The highest BCUT2D eigenvalue weighted by Gasteiger charge is 2.46. The zero-order chi connectivity index (χ0) is 37.7. The molecule has 0 spiro atoms. The van der Waals surface area contributed by atoms with Crippen LogP contribution in [0.15, 0.2) is 158 Å². The molecule has 0 unspecified atom stereocenters. The molecule has 6 aromatic carbocycles. The molecule has 0 bridgehead atoms. The molecular weight excluding hydrogens is 633 g/mol. The minimum Gasteiger partial charge on any atom is -0.355 e. The first-order chi connectivity index (χ1) is 26.5. The summed E-state index contributed by atoms with van der Waals surface area (Å²) in [4.78, 5) is 8.62. The van der Waals surface area contributed by atoms with E-state index in [1.165, 1.54) is 43.5 Å². The van der Waals surface area contributed by atoms with Crippen LogP contribution in [-0.2, 0) is 10.8 Å².